The third kappa shape index (κ3) is 4.53. The molecule has 7 heteroatoms. The second-order valence-electron chi connectivity index (χ2n) is 8.77. The van der Waals surface area contributed by atoms with Gasteiger partial charge in [-0.25, -0.2) is 4.79 Å². The number of nitrogens with one attached hydrogen (secondary N) is 1. The lowest BCUT2D eigenvalue weighted by molar-refractivity contribution is -0.152. The van der Waals surface area contributed by atoms with E-state index >= 15 is 0 Å². The summed E-state index contributed by atoms with van der Waals surface area (Å²) in [6, 6.07) is 16.8. The molecule has 0 saturated heterocycles. The van der Waals surface area contributed by atoms with Gasteiger partial charge in [0.2, 0.25) is 0 Å². The van der Waals surface area contributed by atoms with Crippen molar-refractivity contribution in [2.24, 2.45) is 5.92 Å². The largest absolute Gasteiger partial charge is 0.496 e. The highest BCUT2D eigenvalue weighted by atomic mass is 16.5. The van der Waals surface area contributed by atoms with Crippen LogP contribution >= 0.6 is 0 Å². The fourth-order valence-corrected chi connectivity index (χ4v) is 5.25. The molecule has 36 heavy (non-hydrogen) atoms. The van der Waals surface area contributed by atoms with Crippen molar-refractivity contribution in [3.05, 3.63) is 88.3 Å². The zero-order valence-electron chi connectivity index (χ0n) is 21.0. The second kappa shape index (κ2) is 10.8. The SMILES string of the molecule is CCOC(=O)C1=C(C)NC2=C(C(=O)[C@@H](C(=O)OCC)[C@H](c3ccccc3)C2)[C@@H]1c1ccccc1OC. The number of dihydropyridines is 1. The summed E-state index contributed by atoms with van der Waals surface area (Å²) in [5.74, 6) is -3.09. The summed E-state index contributed by atoms with van der Waals surface area (Å²) in [5, 5.41) is 3.31. The van der Waals surface area contributed by atoms with Crippen LogP contribution in [0, 0.1) is 5.92 Å². The molecule has 0 aromatic heterocycles. The van der Waals surface area contributed by atoms with E-state index in [2.05, 4.69) is 5.32 Å². The zero-order valence-corrected chi connectivity index (χ0v) is 21.0. The third-order valence-corrected chi connectivity index (χ3v) is 6.73. The quantitative estimate of drug-likeness (QED) is 0.455. The van der Waals surface area contributed by atoms with Gasteiger partial charge in [0, 0.05) is 28.4 Å². The number of ether oxygens (including phenoxy) is 3. The number of Topliss-reactive ketones (excluding diaryl/α,β-unsaturated/α-hetero) is 1. The van der Waals surface area contributed by atoms with Gasteiger partial charge in [0.05, 0.1) is 31.8 Å². The van der Waals surface area contributed by atoms with Gasteiger partial charge < -0.3 is 19.5 Å². The van der Waals surface area contributed by atoms with E-state index in [1.807, 2.05) is 48.5 Å². The summed E-state index contributed by atoms with van der Waals surface area (Å²) in [5.41, 5.74) is 3.54. The molecule has 0 fully saturated rings. The van der Waals surface area contributed by atoms with Crippen molar-refractivity contribution in [2.75, 3.05) is 20.3 Å². The first-order valence-corrected chi connectivity index (χ1v) is 12.2. The number of carbonyl (C=O) groups excluding carboxylic acids is 3. The lowest BCUT2D eigenvalue weighted by atomic mass is 9.67. The molecule has 1 aliphatic carbocycles. The molecular weight excluding hydrogens is 458 g/mol. The maximum atomic E-state index is 14.3. The summed E-state index contributed by atoms with van der Waals surface area (Å²) in [4.78, 5) is 40.7. The number of methoxy groups -OCH3 is 1. The van der Waals surface area contributed by atoms with Crippen LogP contribution in [0.5, 0.6) is 5.75 Å². The Morgan fingerprint density at radius 2 is 1.64 bits per heavy atom. The van der Waals surface area contributed by atoms with E-state index in [1.165, 1.54) is 0 Å². The van der Waals surface area contributed by atoms with Gasteiger partial charge in [-0.3, -0.25) is 9.59 Å². The van der Waals surface area contributed by atoms with Gasteiger partial charge in [-0.1, -0.05) is 48.5 Å². The molecule has 4 rings (SSSR count). The average molecular weight is 490 g/mol. The van der Waals surface area contributed by atoms with Crippen molar-refractivity contribution < 1.29 is 28.6 Å². The van der Waals surface area contributed by atoms with Crippen LogP contribution in [-0.4, -0.2) is 38.0 Å². The van der Waals surface area contributed by atoms with Gasteiger partial charge in [-0.05, 0) is 38.8 Å². The minimum absolute atomic E-state index is 0.164. The fourth-order valence-electron chi connectivity index (χ4n) is 5.25. The average Bonchev–Trinajstić information content (AvgIpc) is 2.88. The van der Waals surface area contributed by atoms with Crippen molar-refractivity contribution in [1.29, 1.82) is 0 Å². The summed E-state index contributed by atoms with van der Waals surface area (Å²) >= 11 is 0. The Hall–Kier alpha value is -3.87. The van der Waals surface area contributed by atoms with E-state index in [-0.39, 0.29) is 19.0 Å². The number of ketones is 1. The number of carbonyl (C=O) groups is 3. The second-order valence-corrected chi connectivity index (χ2v) is 8.77. The highest BCUT2D eigenvalue weighted by Gasteiger charge is 2.49. The van der Waals surface area contributed by atoms with Crippen molar-refractivity contribution in [1.82, 2.24) is 5.32 Å². The molecule has 0 unspecified atom stereocenters. The molecule has 0 saturated carbocycles. The minimum Gasteiger partial charge on any atom is -0.496 e. The minimum atomic E-state index is -1.04. The summed E-state index contributed by atoms with van der Waals surface area (Å²) in [6.45, 7) is 5.61. The number of hydrogen-bond acceptors (Lipinski definition) is 7. The predicted octanol–water partition coefficient (Wildman–Crippen LogP) is 4.41. The van der Waals surface area contributed by atoms with Gasteiger partial charge in [-0.15, -0.1) is 0 Å². The first-order chi connectivity index (χ1) is 17.4. The Kier molecular flexibility index (Phi) is 7.58. The molecule has 1 aliphatic heterocycles. The van der Waals surface area contributed by atoms with Crippen LogP contribution in [-0.2, 0) is 23.9 Å². The topological polar surface area (TPSA) is 90.9 Å². The van der Waals surface area contributed by atoms with Crippen LogP contribution in [0.3, 0.4) is 0 Å². The standard InChI is InChI=1S/C29H31NO6/c1-5-35-28(32)23-17(3)30-21-16-20(18-12-8-7-9-13-18)25(29(33)36-6-2)27(31)26(21)24(23)19-14-10-11-15-22(19)34-4/h7-15,20,24-25,30H,5-6,16H2,1-4H3/t20-,24+,25-/m0/s1. The number of rotatable bonds is 7. The normalized spacial score (nSPS) is 21.4. The summed E-state index contributed by atoms with van der Waals surface area (Å²) in [7, 11) is 1.55. The van der Waals surface area contributed by atoms with E-state index in [0.29, 0.717) is 40.3 Å². The number of esters is 2. The molecule has 1 heterocycles. The van der Waals surface area contributed by atoms with E-state index in [4.69, 9.17) is 14.2 Å². The third-order valence-electron chi connectivity index (χ3n) is 6.73. The van der Waals surface area contributed by atoms with Gasteiger partial charge in [0.15, 0.2) is 5.78 Å². The highest BCUT2D eigenvalue weighted by molar-refractivity contribution is 6.13. The van der Waals surface area contributed by atoms with Crippen molar-refractivity contribution >= 4 is 17.7 Å². The van der Waals surface area contributed by atoms with Crippen LogP contribution in [0.4, 0.5) is 0 Å². The smallest absolute Gasteiger partial charge is 0.336 e. The molecule has 0 amide bonds. The number of hydrogen-bond donors (Lipinski definition) is 1. The molecule has 2 aromatic carbocycles. The predicted molar refractivity (Wildman–Crippen MR) is 134 cm³/mol. The number of para-hydroxylation sites is 1. The van der Waals surface area contributed by atoms with E-state index in [0.717, 1.165) is 5.56 Å². The molecule has 3 atom stereocenters. The summed E-state index contributed by atoms with van der Waals surface area (Å²) < 4.78 is 16.4. The molecule has 1 N–H and O–H groups in total. The van der Waals surface area contributed by atoms with Gasteiger partial charge in [0.1, 0.15) is 11.7 Å². The monoisotopic (exact) mass is 489 g/mol. The Bertz CT molecular complexity index is 1230. The molecule has 7 nitrogen and oxygen atoms in total. The Balaban J connectivity index is 1.93. The lowest BCUT2D eigenvalue weighted by Gasteiger charge is -2.39. The first kappa shape index (κ1) is 25.2. The maximum absolute atomic E-state index is 14.3. The highest BCUT2D eigenvalue weighted by Crippen LogP contribution is 2.49. The fraction of sp³-hybridized carbons (Fsp3) is 0.345. The Morgan fingerprint density at radius 3 is 2.31 bits per heavy atom. The first-order valence-electron chi connectivity index (χ1n) is 12.2. The molecule has 2 aromatic rings. The molecule has 2 aliphatic rings. The van der Waals surface area contributed by atoms with E-state index < -0.39 is 29.7 Å². The molecule has 0 spiro atoms. The van der Waals surface area contributed by atoms with Crippen molar-refractivity contribution in [3.63, 3.8) is 0 Å². The van der Waals surface area contributed by atoms with Gasteiger partial charge >= 0.3 is 11.9 Å². The number of allylic oxidation sites excluding steroid dienone is 3. The van der Waals surface area contributed by atoms with Crippen LogP contribution < -0.4 is 10.1 Å². The van der Waals surface area contributed by atoms with Crippen LogP contribution in [0.25, 0.3) is 0 Å². The van der Waals surface area contributed by atoms with Gasteiger partial charge in [-0.2, -0.15) is 0 Å². The summed E-state index contributed by atoms with van der Waals surface area (Å²) in [6.07, 6.45) is 0.410. The molecule has 188 valence electrons. The van der Waals surface area contributed by atoms with Crippen molar-refractivity contribution in [2.45, 2.75) is 39.0 Å². The number of benzene rings is 2. The van der Waals surface area contributed by atoms with E-state index in [9.17, 15) is 14.4 Å². The molecule has 0 bridgehead atoms. The lowest BCUT2D eigenvalue weighted by Crippen LogP contribution is -2.43. The van der Waals surface area contributed by atoms with Crippen LogP contribution in [0.1, 0.15) is 50.2 Å². The Morgan fingerprint density at radius 1 is 0.972 bits per heavy atom. The van der Waals surface area contributed by atoms with Crippen molar-refractivity contribution in [3.8, 4) is 5.75 Å². The van der Waals surface area contributed by atoms with Crippen LogP contribution in [0.2, 0.25) is 0 Å². The zero-order chi connectivity index (χ0) is 25.8. The Labute approximate surface area is 211 Å². The molecule has 0 radical (unpaired) electrons. The molecular formula is C29H31NO6. The maximum Gasteiger partial charge on any atom is 0.336 e. The van der Waals surface area contributed by atoms with Gasteiger partial charge in [0.25, 0.3) is 0 Å². The van der Waals surface area contributed by atoms with E-state index in [1.54, 1.807) is 33.9 Å². The van der Waals surface area contributed by atoms with Crippen LogP contribution in [0.15, 0.2) is 77.1 Å².